The first kappa shape index (κ1) is 13.4. The maximum Gasteiger partial charge on any atom is 0.240 e. The topological polar surface area (TPSA) is 43.8 Å². The molecule has 2 saturated carbocycles. The molecule has 2 aliphatic carbocycles. The van der Waals surface area contributed by atoms with Crippen molar-refractivity contribution >= 4 is 5.91 Å². The van der Waals surface area contributed by atoms with E-state index in [-0.39, 0.29) is 12.1 Å². The van der Waals surface area contributed by atoms with Gasteiger partial charge in [-0.1, -0.05) is 12.8 Å². The fourth-order valence-electron chi connectivity index (χ4n) is 3.74. The largest absolute Gasteiger partial charge is 0.393 e. The van der Waals surface area contributed by atoms with Gasteiger partial charge in [0.05, 0.1) is 12.1 Å². The Hall–Kier alpha value is -0.610. The number of likely N-dealkylation sites (tertiary alicyclic amines) is 1. The fourth-order valence-corrected chi connectivity index (χ4v) is 3.74. The zero-order valence-electron chi connectivity index (χ0n) is 11.9. The molecule has 3 fully saturated rings. The predicted molar refractivity (Wildman–Crippen MR) is 73.7 cm³/mol. The van der Waals surface area contributed by atoms with E-state index in [0.29, 0.717) is 17.9 Å². The Morgan fingerprint density at radius 1 is 1.21 bits per heavy atom. The number of aliphatic hydroxyl groups is 1. The van der Waals surface area contributed by atoms with Crippen molar-refractivity contribution in [3.05, 3.63) is 0 Å². The molecule has 1 N–H and O–H groups in total. The number of carbonyl (C=O) groups is 1. The summed E-state index contributed by atoms with van der Waals surface area (Å²) in [5.41, 5.74) is 0. The average Bonchev–Trinajstić information content (AvgIpc) is 3.15. The molecule has 3 unspecified atom stereocenters. The molecule has 0 spiro atoms. The molecular weight excluding hydrogens is 240 g/mol. The maximum absolute atomic E-state index is 12.4. The van der Waals surface area contributed by atoms with Crippen molar-refractivity contribution in [2.24, 2.45) is 5.92 Å². The number of likely N-dealkylation sites (N-methyl/N-ethyl adjacent to an activating group) is 1. The highest BCUT2D eigenvalue weighted by Gasteiger charge is 2.42. The minimum atomic E-state index is -0.160. The summed E-state index contributed by atoms with van der Waals surface area (Å²) in [6.07, 6.45) is 7.63. The second-order valence-electron chi connectivity index (χ2n) is 6.62. The van der Waals surface area contributed by atoms with Gasteiger partial charge in [0, 0.05) is 19.1 Å². The smallest absolute Gasteiger partial charge is 0.240 e. The zero-order valence-corrected chi connectivity index (χ0v) is 11.9. The van der Waals surface area contributed by atoms with E-state index in [1.807, 2.05) is 0 Å². The molecule has 1 aliphatic heterocycles. The highest BCUT2D eigenvalue weighted by atomic mass is 16.3. The van der Waals surface area contributed by atoms with Gasteiger partial charge < -0.3 is 10.0 Å². The van der Waals surface area contributed by atoms with E-state index < -0.39 is 0 Å². The Labute approximate surface area is 115 Å². The molecule has 3 atom stereocenters. The average molecular weight is 266 g/mol. The molecule has 4 heteroatoms. The number of carbonyl (C=O) groups excluding carboxylic acids is 1. The van der Waals surface area contributed by atoms with Gasteiger partial charge >= 0.3 is 0 Å². The Kier molecular flexibility index (Phi) is 3.81. The van der Waals surface area contributed by atoms with Gasteiger partial charge in [0.15, 0.2) is 0 Å². The SMILES string of the molecule is CN(CC1CCCCC1O)C1CCN(C2CC2)C1=O. The lowest BCUT2D eigenvalue weighted by Crippen LogP contribution is -2.44. The van der Waals surface area contributed by atoms with Crippen LogP contribution >= 0.6 is 0 Å². The van der Waals surface area contributed by atoms with Crippen molar-refractivity contribution in [1.29, 1.82) is 0 Å². The van der Waals surface area contributed by atoms with E-state index in [1.165, 1.54) is 19.3 Å². The van der Waals surface area contributed by atoms with Crippen LogP contribution < -0.4 is 0 Å². The Bertz CT molecular complexity index is 343. The first-order valence-electron chi connectivity index (χ1n) is 7.85. The minimum absolute atomic E-state index is 0.0646. The van der Waals surface area contributed by atoms with Crippen LogP contribution in [-0.4, -0.2) is 59.1 Å². The van der Waals surface area contributed by atoms with E-state index in [2.05, 4.69) is 16.8 Å². The monoisotopic (exact) mass is 266 g/mol. The standard InChI is InChI=1S/C15H26N2O2/c1-16(10-11-4-2-3-5-14(11)18)13-8-9-17(15(13)19)12-6-7-12/h11-14,18H,2-10H2,1H3. The van der Waals surface area contributed by atoms with E-state index in [4.69, 9.17) is 0 Å². The van der Waals surface area contributed by atoms with Gasteiger partial charge in [-0.25, -0.2) is 0 Å². The van der Waals surface area contributed by atoms with Gasteiger partial charge in [-0.2, -0.15) is 0 Å². The van der Waals surface area contributed by atoms with Crippen molar-refractivity contribution in [2.75, 3.05) is 20.1 Å². The van der Waals surface area contributed by atoms with E-state index in [1.54, 1.807) is 0 Å². The molecule has 0 aromatic heterocycles. The number of nitrogens with zero attached hydrogens (tertiary/aromatic N) is 2. The summed E-state index contributed by atoms with van der Waals surface area (Å²) in [4.78, 5) is 16.7. The quantitative estimate of drug-likeness (QED) is 0.832. The Morgan fingerprint density at radius 3 is 2.63 bits per heavy atom. The van der Waals surface area contributed by atoms with Crippen LogP contribution in [0.4, 0.5) is 0 Å². The number of aliphatic hydroxyl groups excluding tert-OH is 1. The number of rotatable bonds is 4. The summed E-state index contributed by atoms with van der Waals surface area (Å²) in [6.45, 7) is 1.81. The molecule has 4 nitrogen and oxygen atoms in total. The van der Waals surface area contributed by atoms with Crippen LogP contribution in [0.25, 0.3) is 0 Å². The first-order valence-corrected chi connectivity index (χ1v) is 7.85. The molecule has 19 heavy (non-hydrogen) atoms. The summed E-state index contributed by atoms with van der Waals surface area (Å²) in [7, 11) is 2.06. The molecule has 3 aliphatic rings. The summed E-state index contributed by atoms with van der Waals surface area (Å²) in [5, 5.41) is 10.1. The molecule has 1 heterocycles. The minimum Gasteiger partial charge on any atom is -0.393 e. The van der Waals surface area contributed by atoms with Gasteiger partial charge in [-0.05, 0) is 45.1 Å². The highest BCUT2D eigenvalue weighted by Crippen LogP contribution is 2.32. The van der Waals surface area contributed by atoms with Gasteiger partial charge in [-0.15, -0.1) is 0 Å². The molecule has 0 radical (unpaired) electrons. The molecule has 108 valence electrons. The van der Waals surface area contributed by atoms with Crippen molar-refractivity contribution in [2.45, 2.75) is 63.1 Å². The van der Waals surface area contributed by atoms with Crippen LogP contribution in [0.15, 0.2) is 0 Å². The van der Waals surface area contributed by atoms with Crippen LogP contribution in [0.5, 0.6) is 0 Å². The van der Waals surface area contributed by atoms with Crippen molar-refractivity contribution in [3.8, 4) is 0 Å². The molecule has 1 saturated heterocycles. The van der Waals surface area contributed by atoms with Crippen molar-refractivity contribution in [1.82, 2.24) is 9.80 Å². The third-order valence-corrected chi connectivity index (χ3v) is 5.12. The molecule has 0 bridgehead atoms. The highest BCUT2D eigenvalue weighted by molar-refractivity contribution is 5.84. The van der Waals surface area contributed by atoms with Crippen LogP contribution in [-0.2, 0) is 4.79 Å². The van der Waals surface area contributed by atoms with Crippen LogP contribution in [0.3, 0.4) is 0 Å². The van der Waals surface area contributed by atoms with E-state index in [0.717, 1.165) is 38.8 Å². The van der Waals surface area contributed by atoms with Crippen molar-refractivity contribution < 1.29 is 9.90 Å². The zero-order chi connectivity index (χ0) is 13.4. The molecule has 3 rings (SSSR count). The van der Waals surface area contributed by atoms with Crippen LogP contribution in [0.2, 0.25) is 0 Å². The molecule has 0 aromatic carbocycles. The fraction of sp³-hybridized carbons (Fsp3) is 0.933. The first-order chi connectivity index (χ1) is 9.16. The van der Waals surface area contributed by atoms with Crippen LogP contribution in [0, 0.1) is 5.92 Å². The maximum atomic E-state index is 12.4. The third-order valence-electron chi connectivity index (χ3n) is 5.12. The summed E-state index contributed by atoms with van der Waals surface area (Å²) in [5.74, 6) is 0.692. The number of hydrogen-bond donors (Lipinski definition) is 1. The number of amides is 1. The van der Waals surface area contributed by atoms with Crippen LogP contribution in [0.1, 0.15) is 44.9 Å². The van der Waals surface area contributed by atoms with Crippen molar-refractivity contribution in [3.63, 3.8) is 0 Å². The summed E-state index contributed by atoms with van der Waals surface area (Å²) in [6, 6.07) is 0.612. The van der Waals surface area contributed by atoms with Gasteiger partial charge in [-0.3, -0.25) is 9.69 Å². The second kappa shape index (κ2) is 5.41. The van der Waals surface area contributed by atoms with Gasteiger partial charge in [0.25, 0.3) is 0 Å². The lowest BCUT2D eigenvalue weighted by Gasteiger charge is -2.33. The number of hydrogen-bond acceptors (Lipinski definition) is 3. The van der Waals surface area contributed by atoms with E-state index >= 15 is 0 Å². The Balaban J connectivity index is 1.55. The molecular formula is C15H26N2O2. The summed E-state index contributed by atoms with van der Waals surface area (Å²) >= 11 is 0. The lowest BCUT2D eigenvalue weighted by molar-refractivity contribution is -0.132. The molecule has 0 aromatic rings. The second-order valence-corrected chi connectivity index (χ2v) is 6.62. The molecule has 1 amide bonds. The summed E-state index contributed by atoms with van der Waals surface area (Å²) < 4.78 is 0. The Morgan fingerprint density at radius 2 is 1.95 bits per heavy atom. The normalized spacial score (nSPS) is 36.3. The third kappa shape index (κ3) is 2.79. The van der Waals surface area contributed by atoms with E-state index in [9.17, 15) is 9.90 Å². The van der Waals surface area contributed by atoms with Gasteiger partial charge in [0.2, 0.25) is 5.91 Å². The predicted octanol–water partition coefficient (Wildman–Crippen LogP) is 1.23. The lowest BCUT2D eigenvalue weighted by atomic mass is 9.86. The van der Waals surface area contributed by atoms with Gasteiger partial charge in [0.1, 0.15) is 0 Å².